The molecule has 0 radical (unpaired) electrons. The number of nitrogens with zero attached hydrogens (tertiary/aromatic N) is 10. The van der Waals surface area contributed by atoms with Crippen LogP contribution in [0, 0.1) is 0 Å². The van der Waals surface area contributed by atoms with Crippen LogP contribution in [0.3, 0.4) is 0 Å². The molecule has 0 aromatic rings. The van der Waals surface area contributed by atoms with Crippen LogP contribution in [0.4, 0.5) is 0 Å². The normalized spacial score (nSPS) is 19.6. The number of hydrogen-bond donors (Lipinski definition) is 0. The molecule has 0 aromatic heterocycles. The van der Waals surface area contributed by atoms with E-state index in [1.54, 1.807) is 109 Å². The van der Waals surface area contributed by atoms with Gasteiger partial charge in [-0.05, 0) is 160 Å². The Bertz CT molecular complexity index is 3780. The summed E-state index contributed by atoms with van der Waals surface area (Å²) in [7, 11) is 1.70. The van der Waals surface area contributed by atoms with Gasteiger partial charge < -0.3 is 49.0 Å². The molecule has 630 valence electrons. The third kappa shape index (κ3) is 30.3. The van der Waals surface area contributed by atoms with E-state index in [-0.39, 0.29) is 59.1 Å². The number of rotatable bonds is 21. The fourth-order valence-electron chi connectivity index (χ4n) is 14.7. The first-order chi connectivity index (χ1) is 55.3. The summed E-state index contributed by atoms with van der Waals surface area (Å²) in [5, 5.41) is 0. The van der Waals surface area contributed by atoms with Crippen LogP contribution in [0.2, 0.25) is 0 Å². The number of likely N-dealkylation sites (N-methyl/N-ethyl adjacent to an activating group) is 4. The van der Waals surface area contributed by atoms with E-state index in [4.69, 9.17) is 0 Å². The van der Waals surface area contributed by atoms with Gasteiger partial charge in [0, 0.05) is 181 Å². The Morgan fingerprint density at radius 3 is 0.793 bits per heavy atom. The van der Waals surface area contributed by atoms with Crippen LogP contribution in [0.15, 0.2) is 243 Å². The predicted molar refractivity (Wildman–Crippen MR) is 470 cm³/mol. The zero-order valence-electron chi connectivity index (χ0n) is 72.0. The number of carbonyl (C=O) groups is 10. The lowest BCUT2D eigenvalue weighted by Gasteiger charge is -2.31. The van der Waals surface area contributed by atoms with Crippen molar-refractivity contribution in [2.45, 2.75) is 254 Å². The second kappa shape index (κ2) is 51.5. The van der Waals surface area contributed by atoms with Crippen molar-refractivity contribution in [3.63, 3.8) is 0 Å². The lowest BCUT2D eigenvalue weighted by atomic mass is 9.94. The third-order valence-corrected chi connectivity index (χ3v) is 21.9. The SMILES string of the molecule is C=C1C(C)=C(C)C(=O)N1CC.C=C1C=C(C)C(=O)N1CC.C=C1C=CC(=O)N1C.C=C1C=CC(=O)N1C1CCCC1.C=C1C=CC(=O)N1C1CCCCC1.C=C1C=CC(=O)N1C1CCCCCC1.C=C1C=CC(=O)N1CC.C=C1C=CC(=O)N1CCCC.C=C1C=CC(=O)N1CCCCCC.C=C1C=CC(=O)N1CCCCCCCC. The molecule has 10 amide bonds. The molecule has 3 saturated carbocycles. The number of unbranched alkanes of at least 4 members (excludes halogenated alkanes) is 9. The van der Waals surface area contributed by atoms with Crippen molar-refractivity contribution in [3.8, 4) is 0 Å². The van der Waals surface area contributed by atoms with Gasteiger partial charge in [-0.15, -0.1) is 0 Å². The Labute approximate surface area is 695 Å². The highest BCUT2D eigenvalue weighted by atomic mass is 16.2. The zero-order chi connectivity index (χ0) is 86.1. The lowest BCUT2D eigenvalue weighted by molar-refractivity contribution is -0.126. The molecule has 3 fully saturated rings. The minimum absolute atomic E-state index is 0.00926. The maximum absolute atomic E-state index is 11.6. The fraction of sp³-hybridized carbons (Fsp3) is 0.479. The number of carbonyl (C=O) groups excluding carboxylic acids is 10. The minimum Gasteiger partial charge on any atom is -0.313 e. The Hall–Kier alpha value is -10.5. The van der Waals surface area contributed by atoms with Crippen LogP contribution in [-0.2, 0) is 47.9 Å². The summed E-state index contributed by atoms with van der Waals surface area (Å²) in [6.45, 7) is 60.4. The Morgan fingerprint density at radius 1 is 0.276 bits per heavy atom. The van der Waals surface area contributed by atoms with E-state index in [2.05, 4.69) is 86.6 Å². The minimum atomic E-state index is 0.00926. The van der Waals surface area contributed by atoms with Crippen molar-refractivity contribution in [3.05, 3.63) is 243 Å². The number of hydrogen-bond acceptors (Lipinski definition) is 10. The van der Waals surface area contributed by atoms with Gasteiger partial charge in [-0.25, -0.2) is 0 Å². The Balaban J connectivity index is 0.000000272. The molecule has 20 heteroatoms. The van der Waals surface area contributed by atoms with Gasteiger partial charge in [0.15, 0.2) is 0 Å². The smallest absolute Gasteiger partial charge is 0.254 e. The first-order valence-corrected chi connectivity index (χ1v) is 42.2. The van der Waals surface area contributed by atoms with Crippen LogP contribution < -0.4 is 0 Å². The fourth-order valence-corrected chi connectivity index (χ4v) is 14.7. The summed E-state index contributed by atoms with van der Waals surface area (Å²) in [5.41, 5.74) is 11.0. The van der Waals surface area contributed by atoms with Gasteiger partial charge in [-0.2, -0.15) is 0 Å². The molecular formula is C96H136N10O10. The van der Waals surface area contributed by atoms with Crippen LogP contribution in [0.5, 0.6) is 0 Å². The van der Waals surface area contributed by atoms with Gasteiger partial charge in [-0.1, -0.05) is 202 Å². The topological polar surface area (TPSA) is 203 Å². The molecule has 13 rings (SSSR count). The van der Waals surface area contributed by atoms with Crippen molar-refractivity contribution >= 4 is 59.1 Å². The van der Waals surface area contributed by atoms with Crippen LogP contribution in [0.1, 0.15) is 236 Å². The lowest BCUT2D eigenvalue weighted by Crippen LogP contribution is -2.36. The number of amides is 10. The summed E-state index contributed by atoms with van der Waals surface area (Å²) in [6.07, 6.45) is 61.5. The number of allylic oxidation sites excluding steroid dienone is 10. The molecule has 20 nitrogen and oxygen atoms in total. The Kier molecular flexibility index (Phi) is 43.4. The summed E-state index contributed by atoms with van der Waals surface area (Å²) in [6, 6.07) is 1.26. The van der Waals surface area contributed by atoms with Crippen LogP contribution >= 0.6 is 0 Å². The van der Waals surface area contributed by atoms with Crippen molar-refractivity contribution in [1.29, 1.82) is 0 Å². The molecule has 13 aliphatic rings. The van der Waals surface area contributed by atoms with Crippen LogP contribution in [0.25, 0.3) is 0 Å². The molecule has 0 saturated heterocycles. The van der Waals surface area contributed by atoms with E-state index >= 15 is 0 Å². The monoisotopic (exact) mass is 1590 g/mol. The zero-order valence-corrected chi connectivity index (χ0v) is 72.0. The van der Waals surface area contributed by atoms with Crippen molar-refractivity contribution in [1.82, 2.24) is 49.0 Å². The third-order valence-electron chi connectivity index (χ3n) is 21.9. The first kappa shape index (κ1) is 97.9. The average Bonchev–Trinajstić information content (AvgIpc) is 1.69. The summed E-state index contributed by atoms with van der Waals surface area (Å²) in [4.78, 5) is 129. The predicted octanol–water partition coefficient (Wildman–Crippen LogP) is 18.6. The van der Waals surface area contributed by atoms with E-state index in [0.717, 1.165) is 158 Å². The maximum atomic E-state index is 11.6. The maximum Gasteiger partial charge on any atom is 0.254 e. The molecule has 3 aliphatic carbocycles. The van der Waals surface area contributed by atoms with Crippen molar-refractivity contribution < 1.29 is 47.9 Å². The van der Waals surface area contributed by atoms with Gasteiger partial charge in [0.1, 0.15) is 0 Å². The molecule has 0 N–H and O–H groups in total. The molecule has 0 aromatic carbocycles. The highest BCUT2D eigenvalue weighted by Crippen LogP contribution is 2.32. The molecule has 0 atom stereocenters. The largest absolute Gasteiger partial charge is 0.313 e. The molecule has 116 heavy (non-hydrogen) atoms. The molecule has 0 unspecified atom stereocenters. The van der Waals surface area contributed by atoms with E-state index < -0.39 is 0 Å². The first-order valence-electron chi connectivity index (χ1n) is 42.2. The van der Waals surface area contributed by atoms with Gasteiger partial charge in [0.2, 0.25) is 0 Å². The molecule has 0 spiro atoms. The molecule has 10 aliphatic heterocycles. The van der Waals surface area contributed by atoms with E-state index in [1.165, 1.54) is 126 Å². The highest BCUT2D eigenvalue weighted by molar-refractivity contribution is 6.00. The highest BCUT2D eigenvalue weighted by Gasteiger charge is 2.33. The Morgan fingerprint density at radius 2 is 0.560 bits per heavy atom. The summed E-state index contributed by atoms with van der Waals surface area (Å²) in [5.74, 6) is 0.865. The summed E-state index contributed by atoms with van der Waals surface area (Å²) < 4.78 is 0. The van der Waals surface area contributed by atoms with E-state index in [0.29, 0.717) is 37.8 Å². The summed E-state index contributed by atoms with van der Waals surface area (Å²) >= 11 is 0. The van der Waals surface area contributed by atoms with E-state index in [9.17, 15) is 47.9 Å². The van der Waals surface area contributed by atoms with Crippen molar-refractivity contribution in [2.75, 3.05) is 46.3 Å². The second-order valence-corrected chi connectivity index (χ2v) is 30.3. The quantitative estimate of drug-likeness (QED) is 0.0785. The van der Waals surface area contributed by atoms with Crippen molar-refractivity contribution in [2.24, 2.45) is 0 Å². The average molecular weight is 1590 g/mol. The van der Waals surface area contributed by atoms with Gasteiger partial charge in [-0.3, -0.25) is 47.9 Å². The molecule has 10 heterocycles. The van der Waals surface area contributed by atoms with Crippen LogP contribution in [-0.4, -0.2) is 173 Å². The van der Waals surface area contributed by atoms with Gasteiger partial charge >= 0.3 is 0 Å². The van der Waals surface area contributed by atoms with E-state index in [1.807, 2.05) is 74.5 Å². The molecular weight excluding hydrogens is 1450 g/mol. The standard InChI is InChI=1S/C13H21NO.C12H17NO.C11H15NO.C11H17NO.C10H13NO.2C9H13NO.C8H11NO.C7H9NO.C6H7NO/c1-3-4-5-6-7-8-11-14-12(2)9-10-13(14)15;1-10-8-9-12(14)13(10)11-6-4-2-3-5-7-11;1-9-7-8-11(13)12(9)10-5-3-2-4-6-10;1-3-4-5-6-9-12-10(2)7-8-11(12)13;1-8-6-7-10(12)11(8)9-4-2-3-5-9;1-5-10-8(4)6(2)7(3)9(10)11;1-3-4-7-10-8(2)5-6-9(10)11;1-4-9-7(3)5-6(2)8(9)10;1-3-8-6(2)4-5-7(8)9;1-5-3-4-6(8)7(5)2/h9-10H,2-8,11H2,1H3;8-9,11H,1-7H2;7-8,10H,1-6H2;7-8H,2-6,9H2,1H3;6-7,9H,1-5H2;4-5H2,1-3H3;5-6H,2-4,7H2,1H3;5H,3-4H2,1-2H3;4-5H,2-3H2,1H3;3-4H,1H2,2H3. The van der Waals surface area contributed by atoms with Gasteiger partial charge in [0.05, 0.1) is 0 Å². The van der Waals surface area contributed by atoms with Gasteiger partial charge in [0.25, 0.3) is 59.1 Å². The second-order valence-electron chi connectivity index (χ2n) is 30.3. The molecule has 0 bridgehead atoms.